The highest BCUT2D eigenvalue weighted by Crippen LogP contribution is 2.20. The number of thiophene rings is 1. The van der Waals surface area contributed by atoms with Crippen LogP contribution < -0.4 is 15.5 Å². The van der Waals surface area contributed by atoms with Gasteiger partial charge in [0.15, 0.2) is 0 Å². The number of carbonyl (C=O) groups excluding carboxylic acids is 2. The number of amides is 2. The van der Waals surface area contributed by atoms with Crippen molar-refractivity contribution in [3.05, 3.63) is 70.5 Å². The highest BCUT2D eigenvalue weighted by molar-refractivity contribution is 7.12. The third-order valence-corrected chi connectivity index (χ3v) is 5.40. The Morgan fingerprint density at radius 1 is 0.966 bits per heavy atom. The summed E-state index contributed by atoms with van der Waals surface area (Å²) < 4.78 is 5.36. The van der Waals surface area contributed by atoms with Gasteiger partial charge in [0.05, 0.1) is 41.2 Å². The molecule has 1 fully saturated rings. The Hall–Kier alpha value is -3.23. The highest BCUT2D eigenvalue weighted by Gasteiger charge is 2.16. The smallest absolute Gasteiger partial charge is 0.265 e. The van der Waals surface area contributed by atoms with E-state index >= 15 is 0 Å². The van der Waals surface area contributed by atoms with Crippen molar-refractivity contribution in [1.29, 1.82) is 0 Å². The maximum atomic E-state index is 12.8. The third-order valence-electron chi connectivity index (χ3n) is 4.53. The van der Waals surface area contributed by atoms with Crippen molar-refractivity contribution >= 4 is 40.3 Å². The van der Waals surface area contributed by atoms with Gasteiger partial charge in [-0.05, 0) is 35.7 Å². The second-order valence-corrected chi connectivity index (χ2v) is 7.38. The van der Waals surface area contributed by atoms with E-state index in [4.69, 9.17) is 4.74 Å². The van der Waals surface area contributed by atoms with Gasteiger partial charge in [-0.3, -0.25) is 9.59 Å². The molecule has 3 aromatic rings. The summed E-state index contributed by atoms with van der Waals surface area (Å²) in [6.07, 6.45) is 1.74. The van der Waals surface area contributed by atoms with Crippen LogP contribution in [0, 0.1) is 0 Å². The summed E-state index contributed by atoms with van der Waals surface area (Å²) in [5.74, 6) is -0.127. The molecule has 8 heteroatoms. The van der Waals surface area contributed by atoms with E-state index in [2.05, 4.69) is 20.5 Å². The number of hydrogen-bond donors (Lipinski definition) is 2. The van der Waals surface area contributed by atoms with Crippen LogP contribution in [0.4, 0.5) is 17.2 Å². The average molecular weight is 408 g/mol. The van der Waals surface area contributed by atoms with Gasteiger partial charge >= 0.3 is 0 Å². The van der Waals surface area contributed by atoms with E-state index in [-0.39, 0.29) is 11.8 Å². The number of benzene rings is 1. The molecule has 0 radical (unpaired) electrons. The van der Waals surface area contributed by atoms with Crippen LogP contribution in [-0.2, 0) is 4.74 Å². The Morgan fingerprint density at radius 3 is 2.52 bits per heavy atom. The zero-order chi connectivity index (χ0) is 20.1. The monoisotopic (exact) mass is 408 g/mol. The molecule has 0 saturated carbocycles. The van der Waals surface area contributed by atoms with Crippen LogP contribution in [0.3, 0.4) is 0 Å². The minimum absolute atomic E-state index is 0.242. The lowest BCUT2D eigenvalue weighted by atomic mass is 10.1. The third kappa shape index (κ3) is 4.61. The van der Waals surface area contributed by atoms with Crippen LogP contribution in [0.1, 0.15) is 20.0 Å². The first-order chi connectivity index (χ1) is 14.2. The van der Waals surface area contributed by atoms with E-state index in [0.717, 1.165) is 18.8 Å². The van der Waals surface area contributed by atoms with Crippen LogP contribution in [0.15, 0.2) is 60.1 Å². The Morgan fingerprint density at radius 2 is 1.79 bits per heavy atom. The quantitative estimate of drug-likeness (QED) is 0.675. The van der Waals surface area contributed by atoms with Crippen LogP contribution in [0.25, 0.3) is 0 Å². The zero-order valence-electron chi connectivity index (χ0n) is 15.6. The predicted molar refractivity (Wildman–Crippen MR) is 114 cm³/mol. The standard InChI is InChI=1S/C21H20N4O3S/c26-20(24-19-8-7-15(14-22-19)25-9-11-28-12-10-25)16-4-1-2-5-17(16)23-21(27)18-6-3-13-29-18/h1-8,13-14H,9-12H2,(H,23,27)(H,22,24,26). The zero-order valence-corrected chi connectivity index (χ0v) is 16.4. The summed E-state index contributed by atoms with van der Waals surface area (Å²) in [7, 11) is 0. The molecular formula is C21H20N4O3S. The molecule has 0 spiro atoms. The lowest BCUT2D eigenvalue weighted by Crippen LogP contribution is -2.36. The fraction of sp³-hybridized carbons (Fsp3) is 0.190. The van der Waals surface area contributed by atoms with Crippen LogP contribution in [-0.4, -0.2) is 43.1 Å². The number of aromatic nitrogens is 1. The van der Waals surface area contributed by atoms with Crippen LogP contribution >= 0.6 is 11.3 Å². The molecule has 0 bridgehead atoms. The Balaban J connectivity index is 1.45. The normalized spacial score (nSPS) is 13.7. The lowest BCUT2D eigenvalue weighted by molar-refractivity contribution is 0.102. The molecule has 1 aliphatic rings. The summed E-state index contributed by atoms with van der Waals surface area (Å²) in [6, 6.07) is 14.2. The SMILES string of the molecule is O=C(Nc1ccccc1C(=O)Nc1ccc(N2CCOCC2)cn1)c1cccs1. The first-order valence-electron chi connectivity index (χ1n) is 9.25. The molecular weight excluding hydrogens is 388 g/mol. The number of morpholine rings is 1. The molecule has 1 saturated heterocycles. The van der Waals surface area contributed by atoms with E-state index in [9.17, 15) is 9.59 Å². The van der Waals surface area contributed by atoms with Gasteiger partial charge in [-0.25, -0.2) is 4.98 Å². The second-order valence-electron chi connectivity index (χ2n) is 6.43. The topological polar surface area (TPSA) is 83.6 Å². The van der Waals surface area contributed by atoms with Crippen molar-refractivity contribution < 1.29 is 14.3 Å². The summed E-state index contributed by atoms with van der Waals surface area (Å²) in [5.41, 5.74) is 1.82. The number of rotatable bonds is 5. The van der Waals surface area contributed by atoms with Gasteiger partial charge < -0.3 is 20.3 Å². The van der Waals surface area contributed by atoms with Crippen molar-refractivity contribution in [1.82, 2.24) is 4.98 Å². The minimum atomic E-state index is -0.335. The fourth-order valence-corrected chi connectivity index (χ4v) is 3.65. The summed E-state index contributed by atoms with van der Waals surface area (Å²) >= 11 is 1.35. The highest BCUT2D eigenvalue weighted by atomic mass is 32.1. The molecule has 7 nitrogen and oxygen atoms in total. The lowest BCUT2D eigenvalue weighted by Gasteiger charge is -2.28. The minimum Gasteiger partial charge on any atom is -0.378 e. The first kappa shape index (κ1) is 19.1. The molecule has 2 N–H and O–H groups in total. The maximum Gasteiger partial charge on any atom is 0.265 e. The van der Waals surface area contributed by atoms with Gasteiger partial charge in [0, 0.05) is 13.1 Å². The Bertz CT molecular complexity index is 983. The number of nitrogens with zero attached hydrogens (tertiary/aromatic N) is 2. The number of para-hydroxylation sites is 1. The maximum absolute atomic E-state index is 12.8. The van der Waals surface area contributed by atoms with Gasteiger partial charge in [0.1, 0.15) is 5.82 Å². The molecule has 29 heavy (non-hydrogen) atoms. The number of ether oxygens (including phenoxy) is 1. The molecule has 2 amide bonds. The van der Waals surface area contributed by atoms with Crippen molar-refractivity contribution in [2.75, 3.05) is 41.8 Å². The molecule has 148 valence electrons. The van der Waals surface area contributed by atoms with Crippen molar-refractivity contribution in [3.63, 3.8) is 0 Å². The fourth-order valence-electron chi connectivity index (χ4n) is 3.03. The molecule has 3 heterocycles. The van der Waals surface area contributed by atoms with Gasteiger partial charge in [0.25, 0.3) is 11.8 Å². The number of hydrogen-bond acceptors (Lipinski definition) is 6. The van der Waals surface area contributed by atoms with E-state index < -0.39 is 0 Å². The number of pyridine rings is 1. The van der Waals surface area contributed by atoms with E-state index in [1.807, 2.05) is 17.5 Å². The molecule has 1 aromatic carbocycles. The number of nitrogens with one attached hydrogen (secondary N) is 2. The van der Waals surface area contributed by atoms with E-state index in [1.54, 1.807) is 42.6 Å². The van der Waals surface area contributed by atoms with Gasteiger partial charge in [-0.1, -0.05) is 18.2 Å². The van der Waals surface area contributed by atoms with Crippen molar-refractivity contribution in [3.8, 4) is 0 Å². The van der Waals surface area contributed by atoms with Crippen molar-refractivity contribution in [2.45, 2.75) is 0 Å². The van der Waals surface area contributed by atoms with E-state index in [1.165, 1.54) is 11.3 Å². The summed E-state index contributed by atoms with van der Waals surface area (Å²) in [5, 5.41) is 7.43. The number of anilines is 3. The second kappa shape index (κ2) is 8.85. The van der Waals surface area contributed by atoms with Gasteiger partial charge in [-0.15, -0.1) is 11.3 Å². The first-order valence-corrected chi connectivity index (χ1v) is 10.1. The molecule has 4 rings (SSSR count). The molecule has 0 aliphatic carbocycles. The molecule has 2 aromatic heterocycles. The Kier molecular flexibility index (Phi) is 5.83. The van der Waals surface area contributed by atoms with Crippen LogP contribution in [0.5, 0.6) is 0 Å². The average Bonchev–Trinajstić information content (AvgIpc) is 3.30. The molecule has 0 atom stereocenters. The van der Waals surface area contributed by atoms with E-state index in [0.29, 0.717) is 35.2 Å². The Labute approximate surface area is 172 Å². The molecule has 1 aliphatic heterocycles. The largest absolute Gasteiger partial charge is 0.378 e. The summed E-state index contributed by atoms with van der Waals surface area (Å²) in [6.45, 7) is 3.05. The van der Waals surface area contributed by atoms with Gasteiger partial charge in [0.2, 0.25) is 0 Å². The summed E-state index contributed by atoms with van der Waals surface area (Å²) in [4.78, 5) is 32.2. The molecule has 0 unspecified atom stereocenters. The number of carbonyl (C=O) groups is 2. The predicted octanol–water partition coefficient (Wildman–Crippen LogP) is 3.48. The van der Waals surface area contributed by atoms with Crippen molar-refractivity contribution in [2.24, 2.45) is 0 Å². The van der Waals surface area contributed by atoms with Gasteiger partial charge in [-0.2, -0.15) is 0 Å². The van der Waals surface area contributed by atoms with Crippen LogP contribution in [0.2, 0.25) is 0 Å².